The van der Waals surface area contributed by atoms with E-state index in [0.29, 0.717) is 11.8 Å². The number of carbonyl (C=O) groups excluding carboxylic acids is 1. The minimum atomic E-state index is -4.46. The predicted molar refractivity (Wildman–Crippen MR) is 65.4 cm³/mol. The summed E-state index contributed by atoms with van der Waals surface area (Å²) in [7, 11) is 1.31. The Morgan fingerprint density at radius 2 is 2.10 bits per heavy atom. The molecular formula is C13H10F3NO4. The first kappa shape index (κ1) is 14.9. The Morgan fingerprint density at radius 1 is 1.33 bits per heavy atom. The summed E-state index contributed by atoms with van der Waals surface area (Å²) < 4.78 is 51.3. The summed E-state index contributed by atoms with van der Waals surface area (Å²) >= 11 is 0. The summed E-state index contributed by atoms with van der Waals surface area (Å²) in [4.78, 5) is 14.4. The third-order valence-corrected chi connectivity index (χ3v) is 2.44. The molecule has 5 nitrogen and oxygen atoms in total. The summed E-state index contributed by atoms with van der Waals surface area (Å²) in [6.07, 6.45) is -2.82. The number of hydrogen-bond acceptors (Lipinski definition) is 5. The van der Waals surface area contributed by atoms with Gasteiger partial charge < -0.3 is 13.9 Å². The number of rotatable bonds is 5. The predicted octanol–water partition coefficient (Wildman–Crippen LogP) is 3.10. The fourth-order valence-electron chi connectivity index (χ4n) is 1.55. The standard InChI is InChI=1S/C13H10F3NO4/c1-19-10-3-2-8(12-17-9(5-18)6-20-12)4-11(10)21-7-13(14,15)16/h2-6H,7H2,1H3. The van der Waals surface area contributed by atoms with Gasteiger partial charge >= 0.3 is 6.18 Å². The molecule has 1 aromatic carbocycles. The molecule has 0 bridgehead atoms. The first-order valence-electron chi connectivity index (χ1n) is 5.71. The Hall–Kier alpha value is -2.51. The molecule has 112 valence electrons. The Bertz CT molecular complexity index is 637. The molecular weight excluding hydrogens is 291 g/mol. The zero-order valence-electron chi connectivity index (χ0n) is 10.8. The molecule has 0 saturated carbocycles. The first-order chi connectivity index (χ1) is 9.93. The van der Waals surface area contributed by atoms with Crippen molar-refractivity contribution >= 4 is 6.29 Å². The number of aromatic nitrogens is 1. The summed E-state index contributed by atoms with van der Waals surface area (Å²) in [5, 5.41) is 0. The van der Waals surface area contributed by atoms with Gasteiger partial charge in [0.2, 0.25) is 5.89 Å². The molecule has 0 radical (unpaired) electrons. The van der Waals surface area contributed by atoms with Crippen molar-refractivity contribution in [2.75, 3.05) is 13.7 Å². The Kier molecular flexibility index (Phi) is 4.15. The zero-order valence-corrected chi connectivity index (χ0v) is 10.8. The van der Waals surface area contributed by atoms with Crippen LogP contribution in [0.5, 0.6) is 11.5 Å². The van der Waals surface area contributed by atoms with Gasteiger partial charge in [-0.25, -0.2) is 4.98 Å². The molecule has 0 aliphatic carbocycles. The number of nitrogens with zero attached hydrogens (tertiary/aromatic N) is 1. The van der Waals surface area contributed by atoms with Crippen LogP contribution in [0.1, 0.15) is 10.5 Å². The fraction of sp³-hybridized carbons (Fsp3) is 0.231. The maximum Gasteiger partial charge on any atom is 0.422 e. The first-order valence-corrected chi connectivity index (χ1v) is 5.71. The van der Waals surface area contributed by atoms with E-state index in [1.807, 2.05) is 0 Å². The van der Waals surface area contributed by atoms with Crippen LogP contribution < -0.4 is 9.47 Å². The van der Waals surface area contributed by atoms with Crippen LogP contribution in [0.3, 0.4) is 0 Å². The van der Waals surface area contributed by atoms with Gasteiger partial charge in [0.05, 0.1) is 7.11 Å². The Morgan fingerprint density at radius 3 is 2.67 bits per heavy atom. The molecule has 0 unspecified atom stereocenters. The van der Waals surface area contributed by atoms with Crippen LogP contribution in [0, 0.1) is 0 Å². The largest absolute Gasteiger partial charge is 0.493 e. The van der Waals surface area contributed by atoms with Gasteiger partial charge in [-0.05, 0) is 18.2 Å². The van der Waals surface area contributed by atoms with Crippen LogP contribution in [0.2, 0.25) is 0 Å². The van der Waals surface area contributed by atoms with Crippen LogP contribution in [0.15, 0.2) is 28.9 Å². The number of methoxy groups -OCH3 is 1. The normalized spacial score (nSPS) is 11.2. The third-order valence-electron chi connectivity index (χ3n) is 2.44. The van der Waals surface area contributed by atoms with E-state index in [4.69, 9.17) is 13.9 Å². The second kappa shape index (κ2) is 5.86. The highest BCUT2D eigenvalue weighted by Gasteiger charge is 2.29. The number of alkyl halides is 3. The summed E-state index contributed by atoms with van der Waals surface area (Å²) in [6.45, 7) is -1.45. The number of halogens is 3. The highest BCUT2D eigenvalue weighted by atomic mass is 19.4. The van der Waals surface area contributed by atoms with E-state index >= 15 is 0 Å². The number of oxazole rings is 1. The van der Waals surface area contributed by atoms with Crippen LogP contribution >= 0.6 is 0 Å². The molecule has 0 atom stereocenters. The minimum Gasteiger partial charge on any atom is -0.493 e. The SMILES string of the molecule is COc1ccc(-c2nc(C=O)co2)cc1OCC(F)(F)F. The van der Waals surface area contributed by atoms with Crippen molar-refractivity contribution in [3.05, 3.63) is 30.2 Å². The van der Waals surface area contributed by atoms with E-state index in [1.165, 1.54) is 25.3 Å². The van der Waals surface area contributed by atoms with Gasteiger partial charge in [-0.3, -0.25) is 4.79 Å². The number of ether oxygens (including phenoxy) is 2. The molecule has 0 saturated heterocycles. The second-order valence-electron chi connectivity index (χ2n) is 3.96. The molecule has 8 heteroatoms. The maximum absolute atomic E-state index is 12.2. The molecule has 0 fully saturated rings. The summed E-state index contributed by atoms with van der Waals surface area (Å²) in [5.41, 5.74) is 0.444. The van der Waals surface area contributed by atoms with Gasteiger partial charge in [-0.1, -0.05) is 0 Å². The van der Waals surface area contributed by atoms with Gasteiger partial charge in [-0.15, -0.1) is 0 Å². The van der Waals surface area contributed by atoms with Crippen LogP contribution in [0.25, 0.3) is 11.5 Å². The molecule has 2 aromatic rings. The van der Waals surface area contributed by atoms with E-state index < -0.39 is 12.8 Å². The summed E-state index contributed by atoms with van der Waals surface area (Å²) in [6, 6.07) is 4.25. The highest BCUT2D eigenvalue weighted by Crippen LogP contribution is 2.33. The maximum atomic E-state index is 12.2. The Balaban J connectivity index is 2.30. The summed E-state index contributed by atoms with van der Waals surface area (Å²) in [5.74, 6) is 0.139. The quantitative estimate of drug-likeness (QED) is 0.794. The smallest absolute Gasteiger partial charge is 0.422 e. The molecule has 0 amide bonds. The van der Waals surface area contributed by atoms with Crippen LogP contribution in [0.4, 0.5) is 13.2 Å². The van der Waals surface area contributed by atoms with Crippen molar-refractivity contribution < 1.29 is 31.9 Å². The lowest BCUT2D eigenvalue weighted by atomic mass is 10.2. The number of carbonyl (C=O) groups is 1. The topological polar surface area (TPSA) is 61.6 Å². The minimum absolute atomic E-state index is 0.0820. The van der Waals surface area contributed by atoms with E-state index in [9.17, 15) is 18.0 Å². The molecule has 1 aromatic heterocycles. The number of hydrogen-bond donors (Lipinski definition) is 0. The zero-order chi connectivity index (χ0) is 15.5. The number of benzene rings is 1. The fourth-order valence-corrected chi connectivity index (χ4v) is 1.55. The molecule has 0 aliphatic heterocycles. The van der Waals surface area contributed by atoms with Gasteiger partial charge in [-0.2, -0.15) is 13.2 Å². The lowest BCUT2D eigenvalue weighted by Gasteiger charge is -2.13. The second-order valence-corrected chi connectivity index (χ2v) is 3.96. The van der Waals surface area contributed by atoms with Gasteiger partial charge in [0.25, 0.3) is 0 Å². The molecule has 2 rings (SSSR count). The molecule has 21 heavy (non-hydrogen) atoms. The van der Waals surface area contributed by atoms with Crippen molar-refractivity contribution in [2.45, 2.75) is 6.18 Å². The molecule has 0 spiro atoms. The average Bonchev–Trinajstić information content (AvgIpc) is 2.93. The number of aldehydes is 1. The van der Waals surface area contributed by atoms with E-state index in [1.54, 1.807) is 0 Å². The monoisotopic (exact) mass is 301 g/mol. The van der Waals surface area contributed by atoms with Gasteiger partial charge in [0, 0.05) is 5.56 Å². The van der Waals surface area contributed by atoms with Gasteiger partial charge in [0.15, 0.2) is 24.4 Å². The van der Waals surface area contributed by atoms with Gasteiger partial charge in [0.1, 0.15) is 12.0 Å². The lowest BCUT2D eigenvalue weighted by Crippen LogP contribution is -2.19. The molecule has 0 N–H and O–H groups in total. The highest BCUT2D eigenvalue weighted by molar-refractivity contribution is 5.72. The van der Waals surface area contributed by atoms with Crippen LogP contribution in [-0.2, 0) is 0 Å². The molecule has 0 aliphatic rings. The van der Waals surface area contributed by atoms with E-state index in [2.05, 4.69) is 4.98 Å². The van der Waals surface area contributed by atoms with Crippen LogP contribution in [-0.4, -0.2) is 31.2 Å². The van der Waals surface area contributed by atoms with Crippen molar-refractivity contribution in [3.63, 3.8) is 0 Å². The van der Waals surface area contributed by atoms with E-state index in [0.717, 1.165) is 6.26 Å². The van der Waals surface area contributed by atoms with Crippen molar-refractivity contribution in [1.82, 2.24) is 4.98 Å². The molecule has 1 heterocycles. The third kappa shape index (κ3) is 3.74. The van der Waals surface area contributed by atoms with Crippen molar-refractivity contribution in [2.24, 2.45) is 0 Å². The average molecular weight is 301 g/mol. The Labute approximate surface area is 117 Å². The van der Waals surface area contributed by atoms with E-state index in [-0.39, 0.29) is 23.1 Å². The van der Waals surface area contributed by atoms with Crippen molar-refractivity contribution in [3.8, 4) is 23.0 Å². The van der Waals surface area contributed by atoms with Crippen molar-refractivity contribution in [1.29, 1.82) is 0 Å². The lowest BCUT2D eigenvalue weighted by molar-refractivity contribution is -0.153.